The van der Waals surface area contributed by atoms with E-state index in [1.165, 1.54) is 24.5 Å². The van der Waals surface area contributed by atoms with E-state index in [-0.39, 0.29) is 5.56 Å². The molecule has 0 aliphatic heterocycles. The lowest BCUT2D eigenvalue weighted by Crippen LogP contribution is -2.30. The average Bonchev–Trinajstić information content (AvgIpc) is 3.08. The van der Waals surface area contributed by atoms with Crippen molar-refractivity contribution in [3.8, 4) is 0 Å². The third-order valence-electron chi connectivity index (χ3n) is 4.15. The molecule has 2 heterocycles. The minimum atomic E-state index is -0.992. The molecule has 1 N–H and O–H groups in total. The van der Waals surface area contributed by atoms with Gasteiger partial charge < -0.3 is 4.74 Å². The zero-order chi connectivity index (χ0) is 19.7. The monoisotopic (exact) mass is 392 g/mol. The van der Waals surface area contributed by atoms with Gasteiger partial charge in [0, 0.05) is 12.4 Å². The molecule has 0 aliphatic carbocycles. The van der Waals surface area contributed by atoms with E-state index in [2.05, 4.69) is 20.3 Å². The molecule has 2 aromatic carbocycles. The number of hydrogen-bond acceptors (Lipinski definition) is 7. The number of hydrogen-bond donors (Lipinski definition) is 1. The first-order chi connectivity index (χ1) is 13.5. The van der Waals surface area contributed by atoms with Crippen LogP contribution < -0.4 is 5.32 Å². The Morgan fingerprint density at radius 2 is 1.93 bits per heavy atom. The van der Waals surface area contributed by atoms with Crippen LogP contribution in [0.1, 0.15) is 22.8 Å². The molecule has 8 heteroatoms. The van der Waals surface area contributed by atoms with E-state index < -0.39 is 18.0 Å². The predicted octanol–water partition coefficient (Wildman–Crippen LogP) is 3.73. The van der Waals surface area contributed by atoms with Crippen molar-refractivity contribution in [2.75, 3.05) is 5.32 Å². The second kappa shape index (κ2) is 7.32. The lowest BCUT2D eigenvalue weighted by Gasteiger charge is -2.13. The summed E-state index contributed by atoms with van der Waals surface area (Å²) in [6.07, 6.45) is 2.06. The molecule has 2 aromatic heterocycles. The topological polar surface area (TPSA) is 94.1 Å². The highest BCUT2D eigenvalue weighted by molar-refractivity contribution is 7.22. The lowest BCUT2D eigenvalue weighted by atomic mass is 10.2. The molecule has 1 amide bonds. The molecule has 28 heavy (non-hydrogen) atoms. The summed E-state index contributed by atoms with van der Waals surface area (Å²) in [5.41, 5.74) is 3.21. The molecule has 0 saturated carbocycles. The fraction of sp³-hybridized carbons (Fsp3) is 0.150. The molecule has 0 aliphatic rings. The molecule has 0 radical (unpaired) electrons. The van der Waals surface area contributed by atoms with Gasteiger partial charge in [-0.05, 0) is 43.7 Å². The Kier molecular flexibility index (Phi) is 4.70. The van der Waals surface area contributed by atoms with Crippen LogP contribution in [-0.4, -0.2) is 32.9 Å². The molecule has 0 spiro atoms. The molecular weight excluding hydrogens is 376 g/mol. The highest BCUT2D eigenvalue weighted by Crippen LogP contribution is 2.27. The molecule has 7 nitrogen and oxygen atoms in total. The normalized spacial score (nSPS) is 12.1. The summed E-state index contributed by atoms with van der Waals surface area (Å²) in [5, 5.41) is 3.17. The predicted molar refractivity (Wildman–Crippen MR) is 107 cm³/mol. The zero-order valence-corrected chi connectivity index (χ0v) is 16.0. The van der Waals surface area contributed by atoms with Crippen LogP contribution >= 0.6 is 11.3 Å². The van der Waals surface area contributed by atoms with E-state index >= 15 is 0 Å². The van der Waals surface area contributed by atoms with Crippen molar-refractivity contribution >= 4 is 49.6 Å². The zero-order valence-electron chi connectivity index (χ0n) is 15.2. The Balaban J connectivity index is 1.48. The van der Waals surface area contributed by atoms with Crippen molar-refractivity contribution in [1.29, 1.82) is 0 Å². The minimum Gasteiger partial charge on any atom is -0.449 e. The number of aryl methyl sites for hydroxylation is 1. The third-order valence-corrected chi connectivity index (χ3v) is 5.08. The number of rotatable bonds is 4. The third kappa shape index (κ3) is 3.54. The van der Waals surface area contributed by atoms with Crippen LogP contribution in [0, 0.1) is 6.92 Å². The Hall–Kier alpha value is -3.39. The maximum absolute atomic E-state index is 12.5. The number of anilines is 1. The summed E-state index contributed by atoms with van der Waals surface area (Å²) in [6, 6.07) is 10.9. The van der Waals surface area contributed by atoms with Crippen LogP contribution in [0.15, 0.2) is 48.8 Å². The van der Waals surface area contributed by atoms with Gasteiger partial charge in [0.15, 0.2) is 11.2 Å². The van der Waals surface area contributed by atoms with Crippen LogP contribution in [0.25, 0.3) is 21.3 Å². The molecule has 0 fully saturated rings. The summed E-state index contributed by atoms with van der Waals surface area (Å²) >= 11 is 1.37. The average molecular weight is 392 g/mol. The van der Waals surface area contributed by atoms with Gasteiger partial charge in [-0.3, -0.25) is 20.1 Å². The van der Waals surface area contributed by atoms with Crippen LogP contribution in [0.4, 0.5) is 5.13 Å². The van der Waals surface area contributed by atoms with Crippen LogP contribution in [0.5, 0.6) is 0 Å². The quantitative estimate of drug-likeness (QED) is 0.532. The fourth-order valence-electron chi connectivity index (χ4n) is 2.73. The van der Waals surface area contributed by atoms with Gasteiger partial charge in [-0.25, -0.2) is 9.78 Å². The number of ether oxygens (including phenoxy) is 1. The molecule has 4 rings (SSSR count). The van der Waals surface area contributed by atoms with E-state index in [1.807, 2.05) is 25.1 Å². The molecule has 140 valence electrons. The number of carbonyl (C=O) groups is 2. The van der Waals surface area contributed by atoms with Gasteiger partial charge in [0.1, 0.15) is 5.52 Å². The molecule has 0 bridgehead atoms. The van der Waals surface area contributed by atoms with Crippen molar-refractivity contribution < 1.29 is 14.3 Å². The molecular formula is C20H16N4O3S. The van der Waals surface area contributed by atoms with Crippen molar-refractivity contribution in [3.05, 3.63) is 59.9 Å². The molecule has 4 aromatic rings. The highest BCUT2D eigenvalue weighted by atomic mass is 32.1. The molecule has 0 saturated heterocycles. The smallest absolute Gasteiger partial charge is 0.341 e. The Labute approximate surface area is 164 Å². The first kappa shape index (κ1) is 18.0. The van der Waals surface area contributed by atoms with Gasteiger partial charge in [-0.1, -0.05) is 23.5 Å². The number of aromatic nitrogens is 3. The van der Waals surface area contributed by atoms with Gasteiger partial charge in [0.05, 0.1) is 21.3 Å². The summed E-state index contributed by atoms with van der Waals surface area (Å²) in [5.74, 6) is -1.08. The van der Waals surface area contributed by atoms with Gasteiger partial charge >= 0.3 is 5.97 Å². The summed E-state index contributed by atoms with van der Waals surface area (Å²) < 4.78 is 6.31. The van der Waals surface area contributed by atoms with Crippen molar-refractivity contribution in [1.82, 2.24) is 15.0 Å². The SMILES string of the molecule is Cc1ccc2nc(NC(=O)C(C)OC(=O)c3cccc4nccnc34)sc2c1. The number of fused-ring (bicyclic) bond motifs is 2. The van der Waals surface area contributed by atoms with Crippen LogP contribution in [-0.2, 0) is 9.53 Å². The number of nitrogens with one attached hydrogen (secondary N) is 1. The number of nitrogens with zero attached hydrogens (tertiary/aromatic N) is 3. The summed E-state index contributed by atoms with van der Waals surface area (Å²) in [6.45, 7) is 3.51. The van der Waals surface area contributed by atoms with Gasteiger partial charge in [0.2, 0.25) is 0 Å². The highest BCUT2D eigenvalue weighted by Gasteiger charge is 2.22. The Bertz CT molecular complexity index is 1200. The maximum atomic E-state index is 12.5. The molecule has 1 atom stereocenters. The minimum absolute atomic E-state index is 0.265. The number of amides is 1. The van der Waals surface area contributed by atoms with E-state index in [4.69, 9.17) is 4.74 Å². The summed E-state index contributed by atoms with van der Waals surface area (Å²) in [4.78, 5) is 37.7. The van der Waals surface area contributed by atoms with Crippen molar-refractivity contribution in [2.24, 2.45) is 0 Å². The fourth-order valence-corrected chi connectivity index (χ4v) is 3.69. The first-order valence-electron chi connectivity index (χ1n) is 8.60. The van der Waals surface area contributed by atoms with Crippen LogP contribution in [0.3, 0.4) is 0 Å². The number of benzene rings is 2. The number of para-hydroxylation sites is 1. The molecule has 1 unspecified atom stereocenters. The summed E-state index contributed by atoms with van der Waals surface area (Å²) in [7, 11) is 0. The van der Waals surface area contributed by atoms with Gasteiger partial charge in [0.25, 0.3) is 5.91 Å². The Morgan fingerprint density at radius 1 is 1.11 bits per heavy atom. The lowest BCUT2D eigenvalue weighted by molar-refractivity contribution is -0.123. The standard InChI is InChI=1S/C20H16N4O3S/c1-11-6-7-14-16(10-11)28-20(23-14)24-18(25)12(2)27-19(26)13-4-3-5-15-17(13)22-9-8-21-15/h3-10,12H,1-2H3,(H,23,24,25). The van der Waals surface area contributed by atoms with E-state index in [0.717, 1.165) is 15.8 Å². The second-order valence-electron chi connectivity index (χ2n) is 6.26. The van der Waals surface area contributed by atoms with E-state index in [1.54, 1.807) is 24.4 Å². The van der Waals surface area contributed by atoms with E-state index in [9.17, 15) is 9.59 Å². The first-order valence-corrected chi connectivity index (χ1v) is 9.42. The number of esters is 1. The van der Waals surface area contributed by atoms with Crippen LogP contribution in [0.2, 0.25) is 0 Å². The van der Waals surface area contributed by atoms with Crippen molar-refractivity contribution in [3.63, 3.8) is 0 Å². The van der Waals surface area contributed by atoms with Gasteiger partial charge in [-0.15, -0.1) is 0 Å². The maximum Gasteiger partial charge on any atom is 0.341 e. The largest absolute Gasteiger partial charge is 0.449 e. The number of carbonyl (C=O) groups excluding carboxylic acids is 2. The van der Waals surface area contributed by atoms with Crippen molar-refractivity contribution in [2.45, 2.75) is 20.0 Å². The number of thiazole rings is 1. The second-order valence-corrected chi connectivity index (χ2v) is 7.29. The van der Waals surface area contributed by atoms with E-state index in [0.29, 0.717) is 16.2 Å². The van der Waals surface area contributed by atoms with Gasteiger partial charge in [-0.2, -0.15) is 0 Å². The Morgan fingerprint density at radius 3 is 2.79 bits per heavy atom.